The van der Waals surface area contributed by atoms with E-state index in [9.17, 15) is 4.79 Å². The number of nitrogens with zero attached hydrogens (tertiary/aromatic N) is 1. The molecular formula is C19H19ClN2O3S. The van der Waals surface area contributed by atoms with E-state index in [0.29, 0.717) is 45.6 Å². The maximum atomic E-state index is 12.4. The predicted octanol–water partition coefficient (Wildman–Crippen LogP) is 4.23. The highest BCUT2D eigenvalue weighted by atomic mass is 35.5. The first-order chi connectivity index (χ1) is 12.4. The molecule has 0 unspecified atom stereocenters. The van der Waals surface area contributed by atoms with Crippen LogP contribution in [0.1, 0.15) is 25.4 Å². The van der Waals surface area contributed by atoms with E-state index in [4.69, 9.17) is 33.0 Å². The number of thiocarbonyl (C=S) groups is 1. The van der Waals surface area contributed by atoms with Crippen LogP contribution in [-0.4, -0.2) is 22.5 Å². The van der Waals surface area contributed by atoms with E-state index in [2.05, 4.69) is 5.32 Å². The van der Waals surface area contributed by atoms with Gasteiger partial charge in [-0.05, 0) is 42.4 Å². The largest absolute Gasteiger partial charge is 0.484 e. The minimum Gasteiger partial charge on any atom is -0.484 e. The first-order valence-corrected chi connectivity index (χ1v) is 9.03. The average Bonchev–Trinajstić information content (AvgIpc) is 3.14. The fourth-order valence-electron chi connectivity index (χ4n) is 2.51. The number of amides is 1. The van der Waals surface area contributed by atoms with Gasteiger partial charge in [-0.15, -0.1) is 0 Å². The summed E-state index contributed by atoms with van der Waals surface area (Å²) in [5.74, 6) is 1.95. The number of rotatable bonds is 6. The summed E-state index contributed by atoms with van der Waals surface area (Å²) in [6.45, 7) is 4.90. The van der Waals surface area contributed by atoms with Crippen molar-refractivity contribution in [2.24, 2.45) is 5.92 Å². The van der Waals surface area contributed by atoms with Crippen molar-refractivity contribution in [1.82, 2.24) is 10.2 Å². The number of carbonyl (C=O) groups excluding carboxylic acids is 1. The second kappa shape index (κ2) is 7.93. The van der Waals surface area contributed by atoms with Gasteiger partial charge in [-0.25, -0.2) is 0 Å². The van der Waals surface area contributed by atoms with Gasteiger partial charge in [0.15, 0.2) is 5.11 Å². The Morgan fingerprint density at radius 3 is 2.81 bits per heavy atom. The molecule has 26 heavy (non-hydrogen) atoms. The van der Waals surface area contributed by atoms with E-state index < -0.39 is 0 Å². The number of ether oxygens (including phenoxy) is 1. The van der Waals surface area contributed by atoms with Crippen molar-refractivity contribution in [2.75, 3.05) is 6.54 Å². The first kappa shape index (κ1) is 18.5. The number of halogens is 1. The molecule has 0 atom stereocenters. The van der Waals surface area contributed by atoms with Crippen molar-refractivity contribution in [1.29, 1.82) is 0 Å². The molecule has 7 heteroatoms. The number of benzene rings is 1. The highest BCUT2D eigenvalue weighted by Crippen LogP contribution is 2.24. The summed E-state index contributed by atoms with van der Waals surface area (Å²) in [5, 5.41) is 3.91. The van der Waals surface area contributed by atoms with E-state index in [1.807, 2.05) is 26.0 Å². The third-order valence-electron chi connectivity index (χ3n) is 3.69. The fraction of sp³-hybridized carbons (Fsp3) is 0.263. The Hall–Kier alpha value is -2.31. The van der Waals surface area contributed by atoms with Crippen molar-refractivity contribution in [2.45, 2.75) is 20.5 Å². The molecule has 1 aliphatic heterocycles. The quantitative estimate of drug-likeness (QED) is 0.591. The molecule has 1 N–H and O–H groups in total. The summed E-state index contributed by atoms with van der Waals surface area (Å²) in [4.78, 5) is 14.0. The van der Waals surface area contributed by atoms with Gasteiger partial charge in [0.2, 0.25) is 0 Å². The third-order valence-corrected chi connectivity index (χ3v) is 4.32. The van der Waals surface area contributed by atoms with Gasteiger partial charge in [0, 0.05) is 12.6 Å². The van der Waals surface area contributed by atoms with Crippen LogP contribution < -0.4 is 10.1 Å². The van der Waals surface area contributed by atoms with Crippen LogP contribution in [-0.2, 0) is 11.4 Å². The molecule has 1 amide bonds. The van der Waals surface area contributed by atoms with E-state index in [0.717, 1.165) is 0 Å². The minimum atomic E-state index is -0.144. The zero-order valence-electron chi connectivity index (χ0n) is 14.5. The molecule has 1 aromatic heterocycles. The van der Waals surface area contributed by atoms with Gasteiger partial charge >= 0.3 is 0 Å². The number of furan rings is 1. The van der Waals surface area contributed by atoms with Crippen molar-refractivity contribution in [3.05, 3.63) is 58.6 Å². The van der Waals surface area contributed by atoms with E-state index in [-0.39, 0.29) is 12.5 Å². The summed E-state index contributed by atoms with van der Waals surface area (Å²) in [6.07, 6.45) is 1.65. The maximum Gasteiger partial charge on any atom is 0.276 e. The zero-order chi connectivity index (χ0) is 18.7. The molecule has 3 rings (SSSR count). The van der Waals surface area contributed by atoms with Crippen molar-refractivity contribution in [3.8, 4) is 5.75 Å². The van der Waals surface area contributed by atoms with Crippen LogP contribution in [0.25, 0.3) is 6.08 Å². The van der Waals surface area contributed by atoms with Crippen LogP contribution in [0.2, 0.25) is 5.02 Å². The standard InChI is InChI=1S/C19H19ClN2O3S/c1-12(2)10-22-18(23)16(21-19(22)26)9-13-7-8-14(25-13)11-24-17-6-4-3-5-15(17)20/h3-9,12H,10-11H2,1-2H3,(H,21,26)/b16-9+. The molecule has 0 radical (unpaired) electrons. The first-order valence-electron chi connectivity index (χ1n) is 8.24. The van der Waals surface area contributed by atoms with E-state index in [1.165, 1.54) is 0 Å². The van der Waals surface area contributed by atoms with Crippen LogP contribution in [0.4, 0.5) is 0 Å². The molecule has 2 aromatic rings. The molecule has 0 bridgehead atoms. The Bertz CT molecular complexity index is 860. The van der Waals surface area contributed by atoms with Gasteiger partial charge in [0.1, 0.15) is 29.6 Å². The second-order valence-corrected chi connectivity index (χ2v) is 7.11. The van der Waals surface area contributed by atoms with Crippen LogP contribution >= 0.6 is 23.8 Å². The monoisotopic (exact) mass is 390 g/mol. The van der Waals surface area contributed by atoms with Gasteiger partial charge in [-0.1, -0.05) is 37.6 Å². The topological polar surface area (TPSA) is 54.7 Å². The number of para-hydroxylation sites is 1. The van der Waals surface area contributed by atoms with Gasteiger partial charge in [-0.3, -0.25) is 9.69 Å². The third kappa shape index (κ3) is 4.26. The lowest BCUT2D eigenvalue weighted by molar-refractivity contribution is -0.122. The SMILES string of the molecule is CC(C)CN1C(=O)/C(=C\c2ccc(COc3ccccc3Cl)o2)NC1=S. The van der Waals surface area contributed by atoms with Crippen LogP contribution in [0.3, 0.4) is 0 Å². The van der Waals surface area contributed by atoms with Crippen molar-refractivity contribution < 1.29 is 13.9 Å². The second-order valence-electron chi connectivity index (χ2n) is 6.32. The summed E-state index contributed by atoms with van der Waals surface area (Å²) in [7, 11) is 0. The molecule has 0 aliphatic carbocycles. The minimum absolute atomic E-state index is 0.144. The molecule has 5 nitrogen and oxygen atoms in total. The molecule has 136 valence electrons. The maximum absolute atomic E-state index is 12.4. The van der Waals surface area contributed by atoms with Crippen molar-refractivity contribution in [3.63, 3.8) is 0 Å². The summed E-state index contributed by atoms with van der Waals surface area (Å²) in [6, 6.07) is 10.8. The van der Waals surface area contributed by atoms with Crippen molar-refractivity contribution >= 4 is 40.9 Å². The highest BCUT2D eigenvalue weighted by Gasteiger charge is 2.31. The predicted molar refractivity (Wildman–Crippen MR) is 105 cm³/mol. The van der Waals surface area contributed by atoms with E-state index in [1.54, 1.807) is 35.2 Å². The summed E-state index contributed by atoms with van der Waals surface area (Å²) >= 11 is 11.3. The van der Waals surface area contributed by atoms with Gasteiger partial charge in [0.05, 0.1) is 5.02 Å². The van der Waals surface area contributed by atoms with Gasteiger partial charge < -0.3 is 14.5 Å². The molecule has 1 saturated heterocycles. The Morgan fingerprint density at radius 1 is 1.31 bits per heavy atom. The molecule has 1 aliphatic rings. The average molecular weight is 391 g/mol. The Balaban J connectivity index is 1.66. The van der Waals surface area contributed by atoms with Crippen LogP contribution in [0, 0.1) is 5.92 Å². The lowest BCUT2D eigenvalue weighted by Crippen LogP contribution is -2.33. The smallest absolute Gasteiger partial charge is 0.276 e. The van der Waals surface area contributed by atoms with Crippen LogP contribution in [0.15, 0.2) is 46.5 Å². The number of nitrogens with one attached hydrogen (secondary N) is 1. The summed E-state index contributed by atoms with van der Waals surface area (Å²) in [5.41, 5.74) is 0.406. The highest BCUT2D eigenvalue weighted by molar-refractivity contribution is 7.80. The zero-order valence-corrected chi connectivity index (χ0v) is 16.1. The molecule has 0 spiro atoms. The Kier molecular flexibility index (Phi) is 5.64. The Morgan fingerprint density at radius 2 is 2.08 bits per heavy atom. The van der Waals surface area contributed by atoms with E-state index >= 15 is 0 Å². The molecule has 0 saturated carbocycles. The molecule has 1 aromatic carbocycles. The molecule has 1 fully saturated rings. The lowest BCUT2D eigenvalue weighted by Gasteiger charge is -2.15. The lowest BCUT2D eigenvalue weighted by atomic mass is 10.2. The number of hydrogen-bond donors (Lipinski definition) is 1. The number of carbonyl (C=O) groups is 1. The normalized spacial score (nSPS) is 15.8. The Labute approximate surface area is 162 Å². The fourth-order valence-corrected chi connectivity index (χ4v) is 2.96. The van der Waals surface area contributed by atoms with Gasteiger partial charge in [0.25, 0.3) is 5.91 Å². The summed E-state index contributed by atoms with van der Waals surface area (Å²) < 4.78 is 11.4. The van der Waals surface area contributed by atoms with Gasteiger partial charge in [-0.2, -0.15) is 0 Å². The number of hydrogen-bond acceptors (Lipinski definition) is 4. The molecule has 2 heterocycles. The van der Waals surface area contributed by atoms with Crippen LogP contribution in [0.5, 0.6) is 5.75 Å². The molecular weight excluding hydrogens is 372 g/mol.